The Kier molecular flexibility index (Phi) is 5.68. The molecular formula is C40H30N2. The minimum absolute atomic E-state index is 0.935. The van der Waals surface area contributed by atoms with Crippen molar-refractivity contribution in [3.8, 4) is 16.8 Å². The van der Waals surface area contributed by atoms with Crippen LogP contribution < -0.4 is 0 Å². The number of benzene rings is 7. The van der Waals surface area contributed by atoms with Gasteiger partial charge in [-0.05, 0) is 92.2 Å². The molecule has 42 heavy (non-hydrogen) atoms. The highest BCUT2D eigenvalue weighted by Crippen LogP contribution is 2.41. The molecule has 0 fully saturated rings. The minimum atomic E-state index is 0.935. The van der Waals surface area contributed by atoms with E-state index in [2.05, 4.69) is 145 Å². The van der Waals surface area contributed by atoms with Gasteiger partial charge in [-0.1, -0.05) is 104 Å². The van der Waals surface area contributed by atoms with Gasteiger partial charge in [0, 0.05) is 28.9 Å². The van der Waals surface area contributed by atoms with Gasteiger partial charge in [0.25, 0.3) is 0 Å². The van der Waals surface area contributed by atoms with E-state index in [1.54, 1.807) is 0 Å². The van der Waals surface area contributed by atoms with Gasteiger partial charge in [0.05, 0.1) is 11.0 Å². The monoisotopic (exact) mass is 538 g/mol. The van der Waals surface area contributed by atoms with E-state index in [4.69, 9.17) is 0 Å². The second-order valence-corrected chi connectivity index (χ2v) is 11.1. The summed E-state index contributed by atoms with van der Waals surface area (Å²) in [5, 5.41) is 10.4. The molecule has 2 heteroatoms. The number of hydrogen-bond acceptors (Lipinski definition) is 1. The molecule has 1 aromatic heterocycles. The summed E-state index contributed by atoms with van der Waals surface area (Å²) in [6, 6.07) is 44.6. The van der Waals surface area contributed by atoms with Crippen LogP contribution in [0.1, 0.15) is 25.8 Å². The van der Waals surface area contributed by atoms with Crippen molar-refractivity contribution in [3.63, 3.8) is 0 Å². The van der Waals surface area contributed by atoms with Crippen LogP contribution in [0, 0.1) is 0 Å². The van der Waals surface area contributed by atoms with E-state index >= 15 is 0 Å². The van der Waals surface area contributed by atoms with Crippen LogP contribution in [0.4, 0.5) is 0 Å². The van der Waals surface area contributed by atoms with E-state index < -0.39 is 0 Å². The Hall–Kier alpha value is -5.21. The van der Waals surface area contributed by atoms with E-state index in [1.807, 2.05) is 12.4 Å². The summed E-state index contributed by atoms with van der Waals surface area (Å²) in [6.45, 7) is 4.27. The summed E-state index contributed by atoms with van der Waals surface area (Å²) in [6.07, 6.45) is 4.88. The standard InChI is InChI=1S/C40H30N2/c1-3-24-41-25-26(2)31-20-14-28-17-23-36-32(21-15-29-16-22-35(31)39(28)40(29)36)27-12-18-30(19-13-27)42-37-10-6-4-8-33(37)34-9-5-7-11-38(34)42/h4-25H,3H2,1-2H3/b26-25+,41-24?. The largest absolute Gasteiger partial charge is 0.309 e. The first-order valence-corrected chi connectivity index (χ1v) is 14.7. The molecular weight excluding hydrogens is 508 g/mol. The Labute approximate surface area is 245 Å². The summed E-state index contributed by atoms with van der Waals surface area (Å²) < 4.78 is 2.38. The topological polar surface area (TPSA) is 17.3 Å². The number of fused-ring (bicyclic) bond motifs is 3. The summed E-state index contributed by atoms with van der Waals surface area (Å²) in [4.78, 5) is 4.50. The molecule has 0 amide bonds. The van der Waals surface area contributed by atoms with Crippen LogP contribution in [-0.4, -0.2) is 10.8 Å². The fraction of sp³-hybridized carbons (Fsp3) is 0.0750. The van der Waals surface area contributed by atoms with Crippen molar-refractivity contribution in [1.82, 2.24) is 4.57 Å². The molecule has 8 aromatic rings. The lowest BCUT2D eigenvalue weighted by atomic mass is 9.87. The summed E-state index contributed by atoms with van der Waals surface area (Å²) >= 11 is 0. The molecule has 0 saturated carbocycles. The number of aliphatic imine (C=N–C) groups is 1. The van der Waals surface area contributed by atoms with E-state index in [1.165, 1.54) is 82.1 Å². The maximum atomic E-state index is 4.50. The molecule has 7 aromatic carbocycles. The summed E-state index contributed by atoms with van der Waals surface area (Å²) in [5.41, 5.74) is 8.54. The lowest BCUT2D eigenvalue weighted by Gasteiger charge is -2.17. The predicted octanol–water partition coefficient (Wildman–Crippen LogP) is 11.2. The molecule has 200 valence electrons. The smallest absolute Gasteiger partial charge is 0.0541 e. The van der Waals surface area contributed by atoms with Crippen molar-refractivity contribution in [3.05, 3.63) is 133 Å². The Morgan fingerprint density at radius 2 is 1.21 bits per heavy atom. The fourth-order valence-corrected chi connectivity index (χ4v) is 6.73. The Morgan fingerprint density at radius 1 is 0.619 bits per heavy atom. The molecule has 8 rings (SSSR count). The molecule has 1 heterocycles. The molecule has 0 unspecified atom stereocenters. The van der Waals surface area contributed by atoms with Crippen LogP contribution in [0.15, 0.2) is 133 Å². The van der Waals surface area contributed by atoms with Crippen LogP contribution in [0.2, 0.25) is 0 Å². The highest BCUT2D eigenvalue weighted by Gasteiger charge is 2.16. The lowest BCUT2D eigenvalue weighted by Crippen LogP contribution is -1.94. The molecule has 0 N–H and O–H groups in total. The number of hydrogen-bond donors (Lipinski definition) is 0. The number of para-hydroxylation sites is 2. The van der Waals surface area contributed by atoms with Crippen molar-refractivity contribution in [2.45, 2.75) is 20.3 Å². The fourth-order valence-electron chi connectivity index (χ4n) is 6.73. The van der Waals surface area contributed by atoms with Gasteiger partial charge in [0.1, 0.15) is 0 Å². The molecule has 0 aliphatic heterocycles. The highest BCUT2D eigenvalue weighted by molar-refractivity contribution is 6.26. The van der Waals surface area contributed by atoms with Crippen molar-refractivity contribution in [2.24, 2.45) is 4.99 Å². The number of aromatic nitrogens is 1. The first kappa shape index (κ1) is 24.6. The van der Waals surface area contributed by atoms with Crippen molar-refractivity contribution < 1.29 is 0 Å². The van der Waals surface area contributed by atoms with Crippen LogP contribution in [0.5, 0.6) is 0 Å². The third kappa shape index (κ3) is 3.69. The van der Waals surface area contributed by atoms with Gasteiger partial charge in [0.2, 0.25) is 0 Å². The maximum Gasteiger partial charge on any atom is 0.0541 e. The van der Waals surface area contributed by atoms with Gasteiger partial charge in [-0.25, -0.2) is 0 Å². The van der Waals surface area contributed by atoms with Gasteiger partial charge in [-0.3, -0.25) is 4.99 Å². The first-order chi connectivity index (χ1) is 20.7. The van der Waals surface area contributed by atoms with Crippen molar-refractivity contribution in [2.75, 3.05) is 0 Å². The summed E-state index contributed by atoms with van der Waals surface area (Å²) in [7, 11) is 0. The number of nitrogens with zero attached hydrogens (tertiary/aromatic N) is 2. The molecule has 0 aliphatic carbocycles. The van der Waals surface area contributed by atoms with Crippen LogP contribution in [0.3, 0.4) is 0 Å². The van der Waals surface area contributed by atoms with Crippen molar-refractivity contribution in [1.29, 1.82) is 0 Å². The van der Waals surface area contributed by atoms with E-state index in [-0.39, 0.29) is 0 Å². The van der Waals surface area contributed by atoms with Crippen LogP contribution in [0.25, 0.3) is 76.5 Å². The third-order valence-corrected chi connectivity index (χ3v) is 8.66. The average molecular weight is 539 g/mol. The highest BCUT2D eigenvalue weighted by atomic mass is 15.0. The molecule has 0 spiro atoms. The molecule has 0 bridgehead atoms. The van der Waals surface area contributed by atoms with Crippen molar-refractivity contribution >= 4 is 65.9 Å². The van der Waals surface area contributed by atoms with E-state index in [0.29, 0.717) is 0 Å². The molecule has 0 radical (unpaired) electrons. The SMILES string of the molecule is CCC=N/C=C(\C)c1ccc2ccc3c(-c4ccc(-n5c6ccccc6c6ccccc65)cc4)ccc4ccc1c2c43. The first-order valence-electron chi connectivity index (χ1n) is 14.7. The van der Waals surface area contributed by atoms with Gasteiger partial charge < -0.3 is 4.57 Å². The summed E-state index contributed by atoms with van der Waals surface area (Å²) in [5.74, 6) is 0. The predicted molar refractivity (Wildman–Crippen MR) is 182 cm³/mol. The minimum Gasteiger partial charge on any atom is -0.309 e. The normalized spacial score (nSPS) is 12.7. The van der Waals surface area contributed by atoms with Gasteiger partial charge in [-0.2, -0.15) is 0 Å². The number of rotatable bonds is 5. The lowest BCUT2D eigenvalue weighted by molar-refractivity contribution is 1.18. The second kappa shape index (κ2) is 9.71. The zero-order valence-electron chi connectivity index (χ0n) is 23.8. The Morgan fingerprint density at radius 3 is 1.90 bits per heavy atom. The Balaban J connectivity index is 1.29. The van der Waals surface area contributed by atoms with Crippen LogP contribution >= 0.6 is 0 Å². The molecule has 0 atom stereocenters. The average Bonchev–Trinajstić information content (AvgIpc) is 3.38. The molecule has 0 aliphatic rings. The molecule has 0 saturated heterocycles. The van der Waals surface area contributed by atoms with Gasteiger partial charge in [-0.15, -0.1) is 0 Å². The second-order valence-electron chi connectivity index (χ2n) is 11.1. The number of allylic oxidation sites excluding steroid dienone is 1. The van der Waals surface area contributed by atoms with Gasteiger partial charge in [0.15, 0.2) is 0 Å². The van der Waals surface area contributed by atoms with Crippen LogP contribution in [-0.2, 0) is 0 Å². The maximum absolute atomic E-state index is 4.50. The zero-order chi connectivity index (χ0) is 28.2. The van der Waals surface area contributed by atoms with E-state index in [9.17, 15) is 0 Å². The Bertz CT molecular complexity index is 2280. The molecule has 2 nitrogen and oxygen atoms in total. The van der Waals surface area contributed by atoms with E-state index in [0.717, 1.165) is 6.42 Å². The zero-order valence-corrected chi connectivity index (χ0v) is 23.8. The third-order valence-electron chi connectivity index (χ3n) is 8.66. The van der Waals surface area contributed by atoms with Gasteiger partial charge >= 0.3 is 0 Å². The quantitative estimate of drug-likeness (QED) is 0.153.